The molecule has 0 amide bonds. The Morgan fingerprint density at radius 1 is 0.340 bits per heavy atom. The molecule has 0 saturated heterocycles. The summed E-state index contributed by atoms with van der Waals surface area (Å²) in [6.45, 7) is 0. The zero-order valence-corrected chi connectivity index (χ0v) is 26.9. The molecule has 0 unspecified atom stereocenters. The SMILES string of the molecule is c1ccc(-c2nc3c(ccc4c5ccc(-c6c7ccccc7c(-c7ccc8ccc9ccccc9c8c7)c7ccccc67)cc5oc43)o2)cc1. The molecule has 11 aromatic rings. The maximum Gasteiger partial charge on any atom is 0.227 e. The third kappa shape index (κ3) is 3.95. The van der Waals surface area contributed by atoms with Crippen molar-refractivity contribution in [1.82, 2.24) is 4.98 Å². The largest absolute Gasteiger partial charge is 0.454 e. The third-order valence-corrected chi connectivity index (χ3v) is 10.3. The van der Waals surface area contributed by atoms with Crippen LogP contribution in [0.25, 0.3) is 110 Å². The second-order valence-corrected chi connectivity index (χ2v) is 13.1. The molecular weight excluding hydrogens is 611 g/mol. The van der Waals surface area contributed by atoms with Crippen LogP contribution in [0.3, 0.4) is 0 Å². The molecule has 0 saturated carbocycles. The Morgan fingerprint density at radius 2 is 0.900 bits per heavy atom. The van der Waals surface area contributed by atoms with Gasteiger partial charge < -0.3 is 8.83 Å². The molecule has 3 nitrogen and oxygen atoms in total. The van der Waals surface area contributed by atoms with Crippen LogP contribution in [0, 0.1) is 0 Å². The van der Waals surface area contributed by atoms with Crippen LogP contribution >= 0.6 is 0 Å². The van der Waals surface area contributed by atoms with Crippen LogP contribution in [0.4, 0.5) is 0 Å². The fourth-order valence-electron chi connectivity index (χ4n) is 7.99. The highest BCUT2D eigenvalue weighted by Crippen LogP contribution is 2.46. The van der Waals surface area contributed by atoms with E-state index >= 15 is 0 Å². The van der Waals surface area contributed by atoms with Crippen molar-refractivity contribution < 1.29 is 8.83 Å². The highest BCUT2D eigenvalue weighted by atomic mass is 16.4. The predicted octanol–water partition coefficient (Wildman–Crippen LogP) is 13.3. The van der Waals surface area contributed by atoms with E-state index in [4.69, 9.17) is 13.8 Å². The van der Waals surface area contributed by atoms with Crippen molar-refractivity contribution in [2.75, 3.05) is 0 Å². The van der Waals surface area contributed by atoms with Gasteiger partial charge in [0.25, 0.3) is 0 Å². The van der Waals surface area contributed by atoms with E-state index in [0.717, 1.165) is 38.6 Å². The van der Waals surface area contributed by atoms with Gasteiger partial charge in [-0.05, 0) is 108 Å². The smallest absolute Gasteiger partial charge is 0.227 e. The van der Waals surface area contributed by atoms with Crippen LogP contribution in [0.5, 0.6) is 0 Å². The number of hydrogen-bond donors (Lipinski definition) is 0. The van der Waals surface area contributed by atoms with Crippen LogP contribution in [-0.4, -0.2) is 4.98 Å². The van der Waals surface area contributed by atoms with Gasteiger partial charge in [0.05, 0.1) is 0 Å². The average Bonchev–Trinajstić information content (AvgIpc) is 3.79. The molecule has 0 N–H and O–H groups in total. The Labute approximate surface area is 286 Å². The predicted molar refractivity (Wildman–Crippen MR) is 208 cm³/mol. The maximum atomic E-state index is 6.65. The summed E-state index contributed by atoms with van der Waals surface area (Å²) in [5, 5.41) is 12.0. The van der Waals surface area contributed by atoms with Crippen LogP contribution in [-0.2, 0) is 0 Å². The van der Waals surface area contributed by atoms with E-state index in [2.05, 4.69) is 127 Å². The summed E-state index contributed by atoms with van der Waals surface area (Å²) in [4.78, 5) is 4.88. The number of rotatable bonds is 3. The van der Waals surface area contributed by atoms with Gasteiger partial charge in [-0.3, -0.25) is 0 Å². The molecule has 0 fully saturated rings. The number of aromatic nitrogens is 1. The van der Waals surface area contributed by atoms with Crippen molar-refractivity contribution in [1.29, 1.82) is 0 Å². The number of benzene rings is 9. The minimum absolute atomic E-state index is 0.590. The Balaban J connectivity index is 1.14. The first-order chi connectivity index (χ1) is 24.8. The van der Waals surface area contributed by atoms with Gasteiger partial charge in [0.1, 0.15) is 5.58 Å². The summed E-state index contributed by atoms with van der Waals surface area (Å²) in [6, 6.07) is 58.3. The molecule has 9 aromatic carbocycles. The number of furan rings is 1. The third-order valence-electron chi connectivity index (χ3n) is 10.3. The van der Waals surface area contributed by atoms with Crippen molar-refractivity contribution >= 4 is 76.1 Å². The molecule has 2 aromatic heterocycles. The van der Waals surface area contributed by atoms with Crippen LogP contribution in [0.1, 0.15) is 0 Å². The zero-order valence-electron chi connectivity index (χ0n) is 26.9. The van der Waals surface area contributed by atoms with Gasteiger partial charge in [0.2, 0.25) is 5.89 Å². The fourth-order valence-corrected chi connectivity index (χ4v) is 7.99. The summed E-state index contributed by atoms with van der Waals surface area (Å²) in [5.41, 5.74) is 8.74. The van der Waals surface area contributed by atoms with Crippen molar-refractivity contribution in [3.05, 3.63) is 164 Å². The maximum absolute atomic E-state index is 6.65. The standard InChI is InChI=1S/C47H27NO2/c1-2-11-30(12-3-1)47-48-45-41(50-47)25-24-39-34-23-22-32(27-42(34)49-46(39)45)44-37-16-8-6-14-35(37)43(36-15-7-9-17-38(36)44)31-21-20-29-19-18-28-10-4-5-13-33(28)40(29)26-31/h1-27H. The number of fused-ring (bicyclic) bond motifs is 10. The van der Waals surface area contributed by atoms with Crippen LogP contribution in [0.2, 0.25) is 0 Å². The fraction of sp³-hybridized carbons (Fsp3) is 0. The lowest BCUT2D eigenvalue weighted by Gasteiger charge is -2.18. The summed E-state index contributed by atoms with van der Waals surface area (Å²) in [7, 11) is 0. The van der Waals surface area contributed by atoms with Crippen molar-refractivity contribution in [3.63, 3.8) is 0 Å². The highest BCUT2D eigenvalue weighted by molar-refractivity contribution is 6.23. The van der Waals surface area contributed by atoms with E-state index in [1.165, 1.54) is 59.8 Å². The second kappa shape index (κ2) is 10.4. The minimum Gasteiger partial charge on any atom is -0.454 e. The first kappa shape index (κ1) is 27.3. The minimum atomic E-state index is 0.590. The van der Waals surface area contributed by atoms with Gasteiger partial charge in [-0.25, -0.2) is 4.98 Å². The summed E-state index contributed by atoms with van der Waals surface area (Å²) in [6.07, 6.45) is 0. The molecular formula is C47H27NO2. The quantitative estimate of drug-likeness (QED) is 0.143. The first-order valence-corrected chi connectivity index (χ1v) is 17.0. The monoisotopic (exact) mass is 637 g/mol. The molecule has 50 heavy (non-hydrogen) atoms. The van der Waals surface area contributed by atoms with E-state index in [-0.39, 0.29) is 0 Å². The molecule has 0 aliphatic rings. The second-order valence-electron chi connectivity index (χ2n) is 13.1. The Morgan fingerprint density at radius 3 is 1.62 bits per heavy atom. The van der Waals surface area contributed by atoms with Gasteiger partial charge in [0.15, 0.2) is 16.7 Å². The van der Waals surface area contributed by atoms with Crippen molar-refractivity contribution in [2.24, 2.45) is 0 Å². The molecule has 0 radical (unpaired) electrons. The summed E-state index contributed by atoms with van der Waals surface area (Å²) < 4.78 is 12.8. The summed E-state index contributed by atoms with van der Waals surface area (Å²) >= 11 is 0. The van der Waals surface area contributed by atoms with E-state index in [0.29, 0.717) is 11.5 Å². The Hall–Kier alpha value is -6.71. The Bertz CT molecular complexity index is 3090. The number of nitrogens with zero attached hydrogens (tertiary/aromatic N) is 1. The number of oxazole rings is 1. The van der Waals surface area contributed by atoms with Gasteiger partial charge >= 0.3 is 0 Å². The van der Waals surface area contributed by atoms with Gasteiger partial charge in [-0.2, -0.15) is 0 Å². The zero-order chi connectivity index (χ0) is 32.8. The van der Waals surface area contributed by atoms with Gasteiger partial charge in [0, 0.05) is 16.3 Å². The van der Waals surface area contributed by atoms with E-state index in [9.17, 15) is 0 Å². The topological polar surface area (TPSA) is 39.2 Å². The molecule has 11 rings (SSSR count). The van der Waals surface area contributed by atoms with E-state index in [1.807, 2.05) is 36.4 Å². The lowest BCUT2D eigenvalue weighted by atomic mass is 9.85. The molecule has 3 heteroatoms. The Kier molecular flexibility index (Phi) is 5.67. The highest BCUT2D eigenvalue weighted by Gasteiger charge is 2.20. The first-order valence-electron chi connectivity index (χ1n) is 17.0. The lowest BCUT2D eigenvalue weighted by Crippen LogP contribution is -1.91. The molecule has 0 bridgehead atoms. The van der Waals surface area contributed by atoms with Crippen LogP contribution in [0.15, 0.2) is 173 Å². The van der Waals surface area contributed by atoms with Crippen LogP contribution < -0.4 is 0 Å². The van der Waals surface area contributed by atoms with E-state index < -0.39 is 0 Å². The lowest BCUT2D eigenvalue weighted by molar-refractivity contribution is 0.620. The molecule has 0 aliphatic heterocycles. The number of hydrogen-bond acceptors (Lipinski definition) is 3. The van der Waals surface area contributed by atoms with Crippen molar-refractivity contribution in [2.45, 2.75) is 0 Å². The molecule has 2 heterocycles. The van der Waals surface area contributed by atoms with Gasteiger partial charge in [-0.1, -0.05) is 121 Å². The molecule has 0 atom stereocenters. The molecule has 0 spiro atoms. The van der Waals surface area contributed by atoms with Gasteiger partial charge in [-0.15, -0.1) is 0 Å². The van der Waals surface area contributed by atoms with E-state index in [1.54, 1.807) is 0 Å². The van der Waals surface area contributed by atoms with Crippen molar-refractivity contribution in [3.8, 4) is 33.7 Å². The molecule has 232 valence electrons. The normalized spacial score (nSPS) is 12.0. The average molecular weight is 638 g/mol. The summed E-state index contributed by atoms with van der Waals surface area (Å²) in [5.74, 6) is 0.590. The molecule has 0 aliphatic carbocycles.